The second kappa shape index (κ2) is 7.45. The Hall–Kier alpha value is -0.870. The molecule has 0 aromatic rings. The molecule has 1 aliphatic heterocycles. The van der Waals surface area contributed by atoms with E-state index in [2.05, 4.69) is 9.64 Å². The van der Waals surface area contributed by atoms with E-state index in [1.54, 1.807) is 14.0 Å². The van der Waals surface area contributed by atoms with Gasteiger partial charge in [0.15, 0.2) is 0 Å². The Balaban J connectivity index is 2.50. The Morgan fingerprint density at radius 2 is 2.18 bits per heavy atom. The van der Waals surface area contributed by atoms with Gasteiger partial charge in [0.05, 0.1) is 13.7 Å². The topological polar surface area (TPSA) is 38.8 Å². The van der Waals surface area contributed by atoms with Crippen molar-refractivity contribution in [2.45, 2.75) is 32.2 Å². The molecule has 0 aromatic heterocycles. The van der Waals surface area contributed by atoms with Gasteiger partial charge in [0, 0.05) is 25.3 Å². The molecule has 98 valence electrons. The zero-order valence-corrected chi connectivity index (χ0v) is 11.1. The minimum atomic E-state index is -0.245. The zero-order chi connectivity index (χ0) is 12.7. The van der Waals surface area contributed by atoms with Crippen LogP contribution < -0.4 is 0 Å². The average molecular weight is 241 g/mol. The van der Waals surface area contributed by atoms with Gasteiger partial charge in [-0.3, -0.25) is 4.90 Å². The third-order valence-corrected chi connectivity index (χ3v) is 3.25. The molecular weight excluding hydrogens is 218 g/mol. The number of likely N-dealkylation sites (tertiary alicyclic amines) is 1. The first-order valence-corrected chi connectivity index (χ1v) is 6.17. The van der Waals surface area contributed by atoms with Crippen molar-refractivity contribution in [1.29, 1.82) is 0 Å². The summed E-state index contributed by atoms with van der Waals surface area (Å²) < 4.78 is 9.91. The van der Waals surface area contributed by atoms with E-state index in [0.29, 0.717) is 11.6 Å². The van der Waals surface area contributed by atoms with Gasteiger partial charge in [-0.25, -0.2) is 4.79 Å². The highest BCUT2D eigenvalue weighted by Gasteiger charge is 2.21. The van der Waals surface area contributed by atoms with E-state index in [9.17, 15) is 4.79 Å². The fourth-order valence-electron chi connectivity index (χ4n) is 2.18. The molecule has 0 bridgehead atoms. The highest BCUT2D eigenvalue weighted by molar-refractivity contribution is 5.87. The summed E-state index contributed by atoms with van der Waals surface area (Å²) in [5.41, 5.74) is 0.675. The molecule has 4 nitrogen and oxygen atoms in total. The molecule has 0 radical (unpaired) electrons. The molecule has 1 saturated heterocycles. The third kappa shape index (κ3) is 4.48. The van der Waals surface area contributed by atoms with Gasteiger partial charge in [0.25, 0.3) is 0 Å². The number of nitrogens with zero attached hydrogens (tertiary/aromatic N) is 1. The monoisotopic (exact) mass is 241 g/mol. The number of methoxy groups -OCH3 is 2. The minimum Gasteiger partial charge on any atom is -0.466 e. The summed E-state index contributed by atoms with van der Waals surface area (Å²) in [5, 5.41) is 0. The van der Waals surface area contributed by atoms with Gasteiger partial charge in [-0.15, -0.1) is 0 Å². The quantitative estimate of drug-likeness (QED) is 0.541. The Morgan fingerprint density at radius 1 is 1.41 bits per heavy atom. The van der Waals surface area contributed by atoms with Crippen molar-refractivity contribution in [2.24, 2.45) is 0 Å². The van der Waals surface area contributed by atoms with E-state index in [1.807, 2.05) is 6.08 Å². The van der Waals surface area contributed by atoms with Crippen molar-refractivity contribution in [3.63, 3.8) is 0 Å². The standard InChI is InChI=1S/C13H23NO3/c1-11(13(15)17-3)7-9-14-8-5-4-6-12(14)10-16-2/h7,12H,4-6,8-10H2,1-3H3. The fraction of sp³-hybridized carbons (Fsp3) is 0.769. The molecule has 1 rings (SSSR count). The predicted molar refractivity (Wildman–Crippen MR) is 66.9 cm³/mol. The van der Waals surface area contributed by atoms with Gasteiger partial charge in [0.1, 0.15) is 0 Å². The van der Waals surface area contributed by atoms with E-state index in [0.717, 1.165) is 19.7 Å². The maximum atomic E-state index is 11.3. The van der Waals surface area contributed by atoms with Gasteiger partial charge in [-0.05, 0) is 26.3 Å². The van der Waals surface area contributed by atoms with E-state index in [-0.39, 0.29) is 5.97 Å². The van der Waals surface area contributed by atoms with Crippen molar-refractivity contribution in [3.05, 3.63) is 11.6 Å². The molecule has 0 aromatic carbocycles. The van der Waals surface area contributed by atoms with Crippen molar-refractivity contribution in [2.75, 3.05) is 33.9 Å². The van der Waals surface area contributed by atoms with Crippen LogP contribution >= 0.6 is 0 Å². The van der Waals surface area contributed by atoms with E-state index < -0.39 is 0 Å². The lowest BCUT2D eigenvalue weighted by atomic mass is 10.0. The molecule has 1 heterocycles. The summed E-state index contributed by atoms with van der Waals surface area (Å²) in [6, 6.07) is 0.482. The lowest BCUT2D eigenvalue weighted by Gasteiger charge is -2.34. The molecular formula is C13H23NO3. The molecule has 0 spiro atoms. The lowest BCUT2D eigenvalue weighted by molar-refractivity contribution is -0.136. The molecule has 0 saturated carbocycles. The lowest BCUT2D eigenvalue weighted by Crippen LogP contribution is -2.42. The molecule has 17 heavy (non-hydrogen) atoms. The smallest absolute Gasteiger partial charge is 0.333 e. The Morgan fingerprint density at radius 3 is 2.82 bits per heavy atom. The average Bonchev–Trinajstić information content (AvgIpc) is 2.36. The number of carbonyl (C=O) groups is 1. The number of hydrogen-bond acceptors (Lipinski definition) is 4. The van der Waals surface area contributed by atoms with Crippen LogP contribution in [0.5, 0.6) is 0 Å². The highest BCUT2D eigenvalue weighted by Crippen LogP contribution is 2.17. The second-order valence-corrected chi connectivity index (χ2v) is 4.48. The first kappa shape index (κ1) is 14.2. The summed E-state index contributed by atoms with van der Waals surface area (Å²) in [6.07, 6.45) is 5.62. The molecule has 4 heteroatoms. The summed E-state index contributed by atoms with van der Waals surface area (Å²) in [5.74, 6) is -0.245. The minimum absolute atomic E-state index is 0.245. The number of piperidine rings is 1. The maximum Gasteiger partial charge on any atom is 0.333 e. The molecule has 1 aliphatic rings. The van der Waals surface area contributed by atoms with Crippen LogP contribution in [0.1, 0.15) is 26.2 Å². The highest BCUT2D eigenvalue weighted by atomic mass is 16.5. The van der Waals surface area contributed by atoms with Crippen LogP contribution in [0.25, 0.3) is 0 Å². The van der Waals surface area contributed by atoms with Crippen LogP contribution in [-0.2, 0) is 14.3 Å². The summed E-state index contributed by atoms with van der Waals surface area (Å²) >= 11 is 0. The van der Waals surface area contributed by atoms with Crippen molar-refractivity contribution in [1.82, 2.24) is 4.90 Å². The number of ether oxygens (including phenoxy) is 2. The van der Waals surface area contributed by atoms with Crippen LogP contribution in [0.15, 0.2) is 11.6 Å². The van der Waals surface area contributed by atoms with Crippen molar-refractivity contribution in [3.8, 4) is 0 Å². The van der Waals surface area contributed by atoms with Gasteiger partial charge in [-0.1, -0.05) is 12.5 Å². The van der Waals surface area contributed by atoms with Crippen LogP contribution in [0.2, 0.25) is 0 Å². The molecule has 0 N–H and O–H groups in total. The largest absolute Gasteiger partial charge is 0.466 e. The molecule has 0 amide bonds. The van der Waals surface area contributed by atoms with Gasteiger partial charge in [-0.2, -0.15) is 0 Å². The van der Waals surface area contributed by atoms with Gasteiger partial charge >= 0.3 is 5.97 Å². The number of esters is 1. The molecule has 1 atom stereocenters. The van der Waals surface area contributed by atoms with E-state index >= 15 is 0 Å². The van der Waals surface area contributed by atoms with Crippen molar-refractivity contribution < 1.29 is 14.3 Å². The third-order valence-electron chi connectivity index (χ3n) is 3.25. The molecule has 1 fully saturated rings. The second-order valence-electron chi connectivity index (χ2n) is 4.48. The number of rotatable bonds is 5. The normalized spacial score (nSPS) is 22.5. The molecule has 0 aliphatic carbocycles. The maximum absolute atomic E-state index is 11.3. The SMILES string of the molecule is COCC1CCCCN1CC=C(C)C(=O)OC. The van der Waals surface area contributed by atoms with E-state index in [4.69, 9.17) is 4.74 Å². The summed E-state index contributed by atoms with van der Waals surface area (Å²) in [4.78, 5) is 13.6. The van der Waals surface area contributed by atoms with Crippen LogP contribution in [-0.4, -0.2) is 50.8 Å². The fourth-order valence-corrected chi connectivity index (χ4v) is 2.18. The summed E-state index contributed by atoms with van der Waals surface area (Å²) in [6.45, 7) is 4.44. The molecule has 1 unspecified atom stereocenters. The first-order chi connectivity index (χ1) is 8.19. The van der Waals surface area contributed by atoms with Crippen LogP contribution in [0, 0.1) is 0 Å². The number of carbonyl (C=O) groups excluding carboxylic acids is 1. The Bertz CT molecular complexity index is 274. The van der Waals surface area contributed by atoms with Gasteiger partial charge in [0.2, 0.25) is 0 Å². The van der Waals surface area contributed by atoms with Crippen LogP contribution in [0.4, 0.5) is 0 Å². The Labute approximate surface area is 104 Å². The van der Waals surface area contributed by atoms with Crippen molar-refractivity contribution >= 4 is 5.97 Å². The predicted octanol–water partition coefficient (Wildman–Crippen LogP) is 1.61. The summed E-state index contributed by atoms with van der Waals surface area (Å²) in [7, 11) is 3.15. The number of hydrogen-bond donors (Lipinski definition) is 0. The van der Waals surface area contributed by atoms with Gasteiger partial charge < -0.3 is 9.47 Å². The van der Waals surface area contributed by atoms with E-state index in [1.165, 1.54) is 26.4 Å². The first-order valence-electron chi connectivity index (χ1n) is 6.17. The Kier molecular flexibility index (Phi) is 6.22. The zero-order valence-electron chi connectivity index (χ0n) is 11.1. The van der Waals surface area contributed by atoms with Crippen LogP contribution in [0.3, 0.4) is 0 Å².